The van der Waals surface area contributed by atoms with Gasteiger partial charge in [-0.1, -0.05) is 23.7 Å². The van der Waals surface area contributed by atoms with E-state index in [1.165, 1.54) is 0 Å². The van der Waals surface area contributed by atoms with E-state index in [0.717, 1.165) is 11.1 Å². The summed E-state index contributed by atoms with van der Waals surface area (Å²) in [4.78, 5) is 25.2. The maximum atomic E-state index is 12.7. The first kappa shape index (κ1) is 22.2. The summed E-state index contributed by atoms with van der Waals surface area (Å²) in [5, 5.41) is 6.23. The molecule has 0 atom stereocenters. The summed E-state index contributed by atoms with van der Waals surface area (Å²) in [6, 6.07) is 17.3. The van der Waals surface area contributed by atoms with Crippen molar-refractivity contribution in [3.8, 4) is 17.2 Å². The lowest BCUT2D eigenvalue weighted by Crippen LogP contribution is -2.26. The van der Waals surface area contributed by atoms with E-state index in [-0.39, 0.29) is 18.2 Å². The zero-order valence-corrected chi connectivity index (χ0v) is 18.7. The number of hydrogen-bond donors (Lipinski definition) is 2. The molecular weight excluding hydrogens is 444 g/mol. The predicted octanol–water partition coefficient (Wildman–Crippen LogP) is 4.66. The molecule has 8 heteroatoms. The van der Waals surface area contributed by atoms with Crippen LogP contribution in [-0.4, -0.2) is 26.0 Å². The molecule has 2 amide bonds. The monoisotopic (exact) mass is 464 g/mol. The molecule has 0 aliphatic carbocycles. The minimum absolute atomic E-state index is 0.147. The number of nitrogens with one attached hydrogen (secondary N) is 2. The molecule has 1 heterocycles. The van der Waals surface area contributed by atoms with Crippen molar-refractivity contribution in [3.05, 3.63) is 88.1 Å². The minimum atomic E-state index is -0.405. The highest BCUT2D eigenvalue weighted by Gasteiger charge is 2.23. The Kier molecular flexibility index (Phi) is 6.51. The second-order valence-corrected chi connectivity index (χ2v) is 7.62. The Morgan fingerprint density at radius 2 is 1.85 bits per heavy atom. The Labute approximate surface area is 195 Å². The van der Waals surface area contributed by atoms with Crippen LogP contribution in [0.15, 0.2) is 66.4 Å². The zero-order valence-electron chi connectivity index (χ0n) is 18.0. The van der Waals surface area contributed by atoms with E-state index in [9.17, 15) is 9.59 Å². The molecule has 0 radical (unpaired) electrons. The van der Waals surface area contributed by atoms with Crippen LogP contribution in [-0.2, 0) is 11.3 Å². The normalized spacial score (nSPS) is 13.5. The Bertz CT molecular complexity index is 1240. The summed E-state index contributed by atoms with van der Waals surface area (Å²) in [5.41, 5.74) is 2.38. The van der Waals surface area contributed by atoms with Gasteiger partial charge in [-0.3, -0.25) is 9.59 Å². The van der Waals surface area contributed by atoms with Crippen molar-refractivity contribution in [2.45, 2.75) is 6.54 Å². The van der Waals surface area contributed by atoms with Crippen LogP contribution in [0.2, 0.25) is 5.02 Å². The van der Waals surface area contributed by atoms with Gasteiger partial charge in [0.05, 0.1) is 19.9 Å². The Balaban J connectivity index is 1.46. The second kappa shape index (κ2) is 9.67. The van der Waals surface area contributed by atoms with Gasteiger partial charge in [-0.05, 0) is 54.1 Å². The topological polar surface area (TPSA) is 85.9 Å². The van der Waals surface area contributed by atoms with Gasteiger partial charge in [0.2, 0.25) is 0 Å². The fourth-order valence-electron chi connectivity index (χ4n) is 3.29. The number of benzene rings is 3. The van der Waals surface area contributed by atoms with Gasteiger partial charge < -0.3 is 24.8 Å². The van der Waals surface area contributed by atoms with E-state index in [0.29, 0.717) is 33.5 Å². The van der Waals surface area contributed by atoms with Gasteiger partial charge in [-0.25, -0.2) is 0 Å². The highest BCUT2D eigenvalue weighted by molar-refractivity contribution is 6.30. The van der Waals surface area contributed by atoms with Crippen LogP contribution in [0.4, 0.5) is 5.69 Å². The van der Waals surface area contributed by atoms with Gasteiger partial charge in [-0.15, -0.1) is 0 Å². The van der Waals surface area contributed by atoms with Gasteiger partial charge in [-0.2, -0.15) is 0 Å². The summed E-state index contributed by atoms with van der Waals surface area (Å²) < 4.78 is 16.3. The summed E-state index contributed by atoms with van der Waals surface area (Å²) in [6.07, 6.45) is 1.62. The molecule has 0 saturated carbocycles. The average Bonchev–Trinajstić information content (AvgIpc) is 2.83. The number of fused-ring (bicyclic) bond motifs is 1. The van der Waals surface area contributed by atoms with Crippen LogP contribution in [0, 0.1) is 0 Å². The molecule has 2 N–H and O–H groups in total. The third kappa shape index (κ3) is 5.10. The first-order valence-corrected chi connectivity index (χ1v) is 10.4. The highest BCUT2D eigenvalue weighted by atomic mass is 35.5. The fourth-order valence-corrected chi connectivity index (χ4v) is 3.41. The molecule has 0 aromatic heterocycles. The van der Waals surface area contributed by atoms with E-state index < -0.39 is 5.91 Å². The standard InChI is InChI=1S/C25H21ClN2O5/c1-31-19-9-5-17(22(13-19)32-2)14-27-24(29)16-6-10-21-20(12-16)28-25(30)23(33-21)11-15-3-7-18(26)8-4-15/h3-13H,14H2,1-2H3,(H,27,29)(H,28,30). The number of amides is 2. The van der Waals surface area contributed by atoms with Crippen molar-refractivity contribution >= 4 is 35.2 Å². The number of anilines is 1. The molecule has 33 heavy (non-hydrogen) atoms. The molecule has 7 nitrogen and oxygen atoms in total. The zero-order chi connectivity index (χ0) is 23.4. The smallest absolute Gasteiger partial charge is 0.291 e. The van der Waals surface area contributed by atoms with Gasteiger partial charge in [0, 0.05) is 28.8 Å². The quantitative estimate of drug-likeness (QED) is 0.518. The molecule has 0 spiro atoms. The predicted molar refractivity (Wildman–Crippen MR) is 126 cm³/mol. The lowest BCUT2D eigenvalue weighted by atomic mass is 10.1. The Morgan fingerprint density at radius 3 is 2.58 bits per heavy atom. The van der Waals surface area contributed by atoms with E-state index >= 15 is 0 Å². The third-order valence-electron chi connectivity index (χ3n) is 5.04. The lowest BCUT2D eigenvalue weighted by Gasteiger charge is -2.20. The molecule has 0 unspecified atom stereocenters. The highest BCUT2D eigenvalue weighted by Crippen LogP contribution is 2.32. The third-order valence-corrected chi connectivity index (χ3v) is 5.29. The van der Waals surface area contributed by atoms with Crippen LogP contribution in [0.5, 0.6) is 17.2 Å². The van der Waals surface area contributed by atoms with Crippen molar-refractivity contribution in [2.24, 2.45) is 0 Å². The van der Waals surface area contributed by atoms with Crippen molar-refractivity contribution in [1.82, 2.24) is 5.32 Å². The fraction of sp³-hybridized carbons (Fsp3) is 0.120. The molecule has 3 aromatic carbocycles. The number of carbonyl (C=O) groups is 2. The van der Waals surface area contributed by atoms with E-state index in [1.807, 2.05) is 6.07 Å². The van der Waals surface area contributed by atoms with Crippen LogP contribution in [0.1, 0.15) is 21.5 Å². The van der Waals surface area contributed by atoms with Crippen molar-refractivity contribution in [1.29, 1.82) is 0 Å². The van der Waals surface area contributed by atoms with E-state index in [4.69, 9.17) is 25.8 Å². The lowest BCUT2D eigenvalue weighted by molar-refractivity contribution is -0.115. The van der Waals surface area contributed by atoms with Crippen LogP contribution in [0.3, 0.4) is 0 Å². The maximum absolute atomic E-state index is 12.7. The van der Waals surface area contributed by atoms with Crippen molar-refractivity contribution in [2.75, 3.05) is 19.5 Å². The van der Waals surface area contributed by atoms with Crippen LogP contribution in [0.25, 0.3) is 6.08 Å². The number of ether oxygens (including phenoxy) is 3. The Morgan fingerprint density at radius 1 is 1.06 bits per heavy atom. The summed E-state index contributed by atoms with van der Waals surface area (Å²) in [5.74, 6) is 1.17. The summed E-state index contributed by atoms with van der Waals surface area (Å²) in [7, 11) is 3.13. The first-order chi connectivity index (χ1) is 16.0. The van der Waals surface area contributed by atoms with Crippen molar-refractivity contribution in [3.63, 3.8) is 0 Å². The number of carbonyl (C=O) groups excluding carboxylic acids is 2. The van der Waals surface area contributed by atoms with Crippen LogP contribution < -0.4 is 24.8 Å². The van der Waals surface area contributed by atoms with E-state index in [1.54, 1.807) is 74.9 Å². The van der Waals surface area contributed by atoms with Gasteiger partial charge in [0.1, 0.15) is 11.5 Å². The molecule has 168 valence electrons. The number of rotatable bonds is 6. The number of hydrogen-bond acceptors (Lipinski definition) is 5. The largest absolute Gasteiger partial charge is 0.497 e. The summed E-state index contributed by atoms with van der Waals surface area (Å²) >= 11 is 5.90. The molecule has 3 aromatic rings. The average molecular weight is 465 g/mol. The SMILES string of the molecule is COc1ccc(CNC(=O)c2ccc3c(c2)NC(=O)C(=Cc2ccc(Cl)cc2)O3)c(OC)c1. The molecule has 4 rings (SSSR count). The number of halogens is 1. The molecular formula is C25H21ClN2O5. The second-order valence-electron chi connectivity index (χ2n) is 7.19. The van der Waals surface area contributed by atoms with E-state index in [2.05, 4.69) is 10.6 Å². The first-order valence-electron chi connectivity index (χ1n) is 10.1. The maximum Gasteiger partial charge on any atom is 0.291 e. The minimum Gasteiger partial charge on any atom is -0.497 e. The molecule has 0 fully saturated rings. The van der Waals surface area contributed by atoms with Gasteiger partial charge in [0.15, 0.2) is 11.5 Å². The van der Waals surface area contributed by atoms with Crippen molar-refractivity contribution < 1.29 is 23.8 Å². The Hall–Kier alpha value is -3.97. The van der Waals surface area contributed by atoms with Crippen LogP contribution >= 0.6 is 11.6 Å². The molecule has 0 saturated heterocycles. The molecule has 1 aliphatic rings. The molecule has 0 bridgehead atoms. The van der Waals surface area contributed by atoms with Gasteiger partial charge >= 0.3 is 0 Å². The summed E-state index contributed by atoms with van der Waals surface area (Å²) in [6.45, 7) is 0.264. The number of methoxy groups -OCH3 is 2. The van der Waals surface area contributed by atoms with Gasteiger partial charge in [0.25, 0.3) is 11.8 Å². The molecule has 1 aliphatic heterocycles.